The molecule has 0 aliphatic carbocycles. The van der Waals surface area contributed by atoms with Crippen LogP contribution < -0.4 is 4.74 Å². The summed E-state index contributed by atoms with van der Waals surface area (Å²) in [6.07, 6.45) is 0. The number of nitrogens with zero attached hydrogens (tertiary/aromatic N) is 3. The van der Waals surface area contributed by atoms with E-state index in [1.54, 1.807) is 16.7 Å². The summed E-state index contributed by atoms with van der Waals surface area (Å²) in [5.74, 6) is 0.274. The first-order valence-electron chi connectivity index (χ1n) is 10.2. The van der Waals surface area contributed by atoms with Crippen LogP contribution in [0.3, 0.4) is 0 Å². The molecule has 3 aromatic carbocycles. The highest BCUT2D eigenvalue weighted by Crippen LogP contribution is 2.35. The fourth-order valence-corrected chi connectivity index (χ4v) is 3.63. The Morgan fingerprint density at radius 1 is 0.903 bits per heavy atom. The molecule has 0 bridgehead atoms. The number of rotatable bonds is 6. The second kappa shape index (κ2) is 8.88. The zero-order chi connectivity index (χ0) is 21.8. The van der Waals surface area contributed by atoms with E-state index >= 15 is 0 Å². The van der Waals surface area contributed by atoms with Gasteiger partial charge in [-0.1, -0.05) is 78.9 Å². The van der Waals surface area contributed by atoms with E-state index in [0.717, 1.165) is 16.8 Å². The summed E-state index contributed by atoms with van der Waals surface area (Å²) < 4.78 is 7.43. The topological polar surface area (TPSA) is 47.4 Å². The standard InChI is InChI=1S/C26H25N3O2/c1-19(20-13-7-4-8-14-20)28(2)25(30)23-24(21-15-9-5-10-16-21)27-29(26(23)31-3)22-17-11-6-12-18-22/h4-19H,1-3H3. The van der Waals surface area contributed by atoms with Gasteiger partial charge < -0.3 is 9.64 Å². The third-order valence-electron chi connectivity index (χ3n) is 5.48. The molecule has 0 N–H and O–H groups in total. The number of hydrogen-bond acceptors (Lipinski definition) is 3. The highest BCUT2D eigenvalue weighted by Gasteiger charge is 2.30. The number of aromatic nitrogens is 2. The molecule has 4 aromatic rings. The molecule has 1 amide bonds. The lowest BCUT2D eigenvalue weighted by Gasteiger charge is -2.25. The van der Waals surface area contributed by atoms with Crippen LogP contribution in [0.15, 0.2) is 91.0 Å². The van der Waals surface area contributed by atoms with Crippen LogP contribution in [0.4, 0.5) is 0 Å². The number of ether oxygens (including phenoxy) is 1. The van der Waals surface area contributed by atoms with Gasteiger partial charge in [0.05, 0.1) is 18.8 Å². The van der Waals surface area contributed by atoms with Gasteiger partial charge in [0.25, 0.3) is 5.91 Å². The van der Waals surface area contributed by atoms with E-state index in [1.807, 2.05) is 105 Å². The Balaban J connectivity index is 1.85. The van der Waals surface area contributed by atoms with Gasteiger partial charge in [0, 0.05) is 12.6 Å². The summed E-state index contributed by atoms with van der Waals surface area (Å²) in [5, 5.41) is 4.80. The van der Waals surface area contributed by atoms with Gasteiger partial charge in [0.15, 0.2) is 0 Å². The Kier molecular flexibility index (Phi) is 5.85. The monoisotopic (exact) mass is 411 g/mol. The summed E-state index contributed by atoms with van der Waals surface area (Å²) in [6.45, 7) is 2.02. The summed E-state index contributed by atoms with van der Waals surface area (Å²) >= 11 is 0. The highest BCUT2D eigenvalue weighted by atomic mass is 16.5. The predicted molar refractivity (Wildman–Crippen MR) is 123 cm³/mol. The van der Waals surface area contributed by atoms with Crippen molar-refractivity contribution in [1.82, 2.24) is 14.7 Å². The van der Waals surface area contributed by atoms with Crippen LogP contribution in [0, 0.1) is 0 Å². The zero-order valence-electron chi connectivity index (χ0n) is 17.9. The summed E-state index contributed by atoms with van der Waals surface area (Å²) in [7, 11) is 3.39. The van der Waals surface area contributed by atoms with E-state index in [-0.39, 0.29) is 11.9 Å². The van der Waals surface area contributed by atoms with Crippen molar-refractivity contribution < 1.29 is 9.53 Å². The van der Waals surface area contributed by atoms with Crippen molar-refractivity contribution >= 4 is 5.91 Å². The maximum absolute atomic E-state index is 13.8. The molecular formula is C26H25N3O2. The van der Waals surface area contributed by atoms with Crippen LogP contribution in [0.2, 0.25) is 0 Å². The Labute approximate surface area is 182 Å². The molecule has 0 aliphatic rings. The maximum Gasteiger partial charge on any atom is 0.261 e. The number of para-hydroxylation sites is 1. The number of amides is 1. The largest absolute Gasteiger partial charge is 0.480 e. The fraction of sp³-hybridized carbons (Fsp3) is 0.154. The average molecular weight is 412 g/mol. The molecule has 5 nitrogen and oxygen atoms in total. The molecule has 5 heteroatoms. The SMILES string of the molecule is COc1c(C(=O)N(C)C(C)c2ccccc2)c(-c2ccccc2)nn1-c1ccccc1. The zero-order valence-corrected chi connectivity index (χ0v) is 17.9. The first-order chi connectivity index (χ1) is 15.1. The van der Waals surface area contributed by atoms with Crippen molar-refractivity contribution in [2.75, 3.05) is 14.2 Å². The molecule has 0 aliphatic heterocycles. The summed E-state index contributed by atoms with van der Waals surface area (Å²) in [4.78, 5) is 15.5. The van der Waals surface area contributed by atoms with Crippen molar-refractivity contribution in [2.45, 2.75) is 13.0 Å². The molecule has 0 saturated heterocycles. The quantitative estimate of drug-likeness (QED) is 0.428. The molecule has 1 atom stereocenters. The lowest BCUT2D eigenvalue weighted by atomic mass is 10.0. The molecule has 0 spiro atoms. The third-order valence-corrected chi connectivity index (χ3v) is 5.48. The van der Waals surface area contributed by atoms with Crippen LogP contribution in [-0.2, 0) is 0 Å². The Morgan fingerprint density at radius 3 is 2.03 bits per heavy atom. The Bertz CT molecular complexity index is 1160. The normalized spacial score (nSPS) is 11.7. The molecule has 4 rings (SSSR count). The van der Waals surface area contributed by atoms with E-state index < -0.39 is 0 Å². The van der Waals surface area contributed by atoms with E-state index in [0.29, 0.717) is 17.1 Å². The highest BCUT2D eigenvalue weighted by molar-refractivity contribution is 6.02. The molecule has 0 fully saturated rings. The fourth-order valence-electron chi connectivity index (χ4n) is 3.63. The summed E-state index contributed by atoms with van der Waals surface area (Å²) in [5.41, 5.74) is 3.80. The van der Waals surface area contributed by atoms with E-state index in [9.17, 15) is 4.79 Å². The second-order valence-corrected chi connectivity index (χ2v) is 7.35. The average Bonchev–Trinajstić information content (AvgIpc) is 3.24. The second-order valence-electron chi connectivity index (χ2n) is 7.35. The third kappa shape index (κ3) is 3.94. The summed E-state index contributed by atoms with van der Waals surface area (Å²) in [6, 6.07) is 29.3. The molecule has 0 radical (unpaired) electrons. The van der Waals surface area contributed by atoms with Crippen LogP contribution in [-0.4, -0.2) is 34.7 Å². The number of carbonyl (C=O) groups excluding carboxylic acids is 1. The van der Waals surface area contributed by atoms with Crippen LogP contribution >= 0.6 is 0 Å². The Morgan fingerprint density at radius 2 is 1.45 bits per heavy atom. The minimum absolute atomic E-state index is 0.109. The van der Waals surface area contributed by atoms with Gasteiger partial charge in [0.1, 0.15) is 11.3 Å². The van der Waals surface area contributed by atoms with Crippen molar-refractivity contribution in [1.29, 1.82) is 0 Å². The van der Waals surface area contributed by atoms with Gasteiger partial charge >= 0.3 is 0 Å². The van der Waals surface area contributed by atoms with Gasteiger partial charge in [-0.2, -0.15) is 9.78 Å². The molecule has 0 saturated carbocycles. The first kappa shape index (κ1) is 20.4. The number of hydrogen-bond donors (Lipinski definition) is 0. The minimum atomic E-state index is -0.144. The minimum Gasteiger partial charge on any atom is -0.480 e. The molecule has 1 aromatic heterocycles. The van der Waals surface area contributed by atoms with Gasteiger partial charge in [0.2, 0.25) is 5.88 Å². The first-order valence-corrected chi connectivity index (χ1v) is 10.2. The lowest BCUT2D eigenvalue weighted by Crippen LogP contribution is -2.30. The molecule has 31 heavy (non-hydrogen) atoms. The molecule has 156 valence electrons. The Hall–Kier alpha value is -3.86. The van der Waals surface area contributed by atoms with Gasteiger partial charge in [-0.25, -0.2) is 0 Å². The van der Waals surface area contributed by atoms with Crippen molar-refractivity contribution in [3.8, 4) is 22.8 Å². The number of benzene rings is 3. The smallest absolute Gasteiger partial charge is 0.261 e. The van der Waals surface area contributed by atoms with E-state index in [1.165, 1.54) is 0 Å². The van der Waals surface area contributed by atoms with Crippen LogP contribution in [0.1, 0.15) is 28.9 Å². The lowest BCUT2D eigenvalue weighted by molar-refractivity contribution is 0.0740. The van der Waals surface area contributed by atoms with Crippen molar-refractivity contribution in [3.63, 3.8) is 0 Å². The van der Waals surface area contributed by atoms with Crippen molar-refractivity contribution in [2.24, 2.45) is 0 Å². The van der Waals surface area contributed by atoms with Crippen LogP contribution in [0.5, 0.6) is 5.88 Å². The van der Waals surface area contributed by atoms with Gasteiger partial charge in [-0.15, -0.1) is 0 Å². The number of methoxy groups -OCH3 is 1. The maximum atomic E-state index is 13.8. The molecular weight excluding hydrogens is 386 g/mol. The molecule has 1 unspecified atom stereocenters. The van der Waals surface area contributed by atoms with Crippen LogP contribution in [0.25, 0.3) is 16.9 Å². The van der Waals surface area contributed by atoms with E-state index in [4.69, 9.17) is 9.84 Å². The van der Waals surface area contributed by atoms with E-state index in [2.05, 4.69) is 0 Å². The van der Waals surface area contributed by atoms with Gasteiger partial charge in [-0.3, -0.25) is 4.79 Å². The number of carbonyl (C=O) groups is 1. The predicted octanol–water partition coefficient (Wildman–Crippen LogP) is 5.38. The molecule has 1 heterocycles. The van der Waals surface area contributed by atoms with Crippen molar-refractivity contribution in [3.05, 3.63) is 102 Å². The van der Waals surface area contributed by atoms with Gasteiger partial charge in [-0.05, 0) is 24.6 Å².